The molecule has 0 spiro atoms. The number of hydrogen-bond donors (Lipinski definition) is 0. The normalized spacial score (nSPS) is 15.5. The highest BCUT2D eigenvalue weighted by atomic mass is 32.2. The Hall–Kier alpha value is -2.77. The van der Waals surface area contributed by atoms with E-state index < -0.39 is 23.2 Å². The van der Waals surface area contributed by atoms with Crippen molar-refractivity contribution in [3.63, 3.8) is 0 Å². The number of para-hydroxylation sites is 1. The van der Waals surface area contributed by atoms with E-state index in [1.54, 1.807) is 60.7 Å². The van der Waals surface area contributed by atoms with Gasteiger partial charge in [0.15, 0.2) is 0 Å². The van der Waals surface area contributed by atoms with Crippen LogP contribution in [0.25, 0.3) is 5.57 Å². The molecule has 0 saturated heterocycles. The molecule has 0 bridgehead atoms. The zero-order chi connectivity index (χ0) is 16.2. The Morgan fingerprint density at radius 3 is 2.13 bits per heavy atom. The van der Waals surface area contributed by atoms with Gasteiger partial charge in [0.05, 0.1) is 5.57 Å². The standard InChI is InChI=1S/C16H11NO5S/c18-15-11-14(12-7-3-1-4-8-12)16(19)17(15)22-23(20)21-13-9-5-2-6-10-13/h1-11H. The topological polar surface area (TPSA) is 72.9 Å². The Balaban J connectivity index is 1.69. The maximum Gasteiger partial charge on any atom is 0.383 e. The molecule has 0 aliphatic carbocycles. The Morgan fingerprint density at radius 2 is 1.48 bits per heavy atom. The molecule has 2 aromatic carbocycles. The average molecular weight is 329 g/mol. The highest BCUT2D eigenvalue weighted by Gasteiger charge is 2.35. The summed E-state index contributed by atoms with van der Waals surface area (Å²) >= 11 is -2.32. The maximum absolute atomic E-state index is 12.2. The first-order valence-electron chi connectivity index (χ1n) is 6.64. The lowest BCUT2D eigenvalue weighted by molar-refractivity contribution is -0.161. The zero-order valence-corrected chi connectivity index (χ0v) is 12.6. The number of rotatable bonds is 5. The number of benzene rings is 2. The average Bonchev–Trinajstić information content (AvgIpc) is 2.85. The van der Waals surface area contributed by atoms with Crippen LogP contribution in [0.2, 0.25) is 0 Å². The van der Waals surface area contributed by atoms with E-state index in [9.17, 15) is 13.8 Å². The molecule has 1 heterocycles. The summed E-state index contributed by atoms with van der Waals surface area (Å²) in [6.45, 7) is 0. The van der Waals surface area contributed by atoms with Gasteiger partial charge in [-0.1, -0.05) is 48.5 Å². The van der Waals surface area contributed by atoms with Crippen molar-refractivity contribution in [2.75, 3.05) is 0 Å². The van der Waals surface area contributed by atoms with E-state index in [4.69, 9.17) is 8.47 Å². The van der Waals surface area contributed by atoms with E-state index in [0.29, 0.717) is 16.4 Å². The van der Waals surface area contributed by atoms with E-state index >= 15 is 0 Å². The predicted octanol–water partition coefficient (Wildman–Crippen LogP) is 2.03. The zero-order valence-electron chi connectivity index (χ0n) is 11.7. The largest absolute Gasteiger partial charge is 0.383 e. The minimum atomic E-state index is -2.32. The Kier molecular flexibility index (Phi) is 4.31. The fourth-order valence-electron chi connectivity index (χ4n) is 1.98. The van der Waals surface area contributed by atoms with Crippen LogP contribution in [0.5, 0.6) is 5.75 Å². The number of hydrogen-bond acceptors (Lipinski definition) is 5. The van der Waals surface area contributed by atoms with Crippen LogP contribution in [-0.2, 0) is 25.2 Å². The van der Waals surface area contributed by atoms with E-state index in [2.05, 4.69) is 0 Å². The second kappa shape index (κ2) is 6.55. The van der Waals surface area contributed by atoms with Crippen LogP contribution >= 0.6 is 0 Å². The van der Waals surface area contributed by atoms with Gasteiger partial charge in [0.1, 0.15) is 5.75 Å². The highest BCUT2D eigenvalue weighted by molar-refractivity contribution is 7.75. The molecule has 1 atom stereocenters. The van der Waals surface area contributed by atoms with Gasteiger partial charge in [-0.2, -0.15) is 4.21 Å². The van der Waals surface area contributed by atoms with Crippen molar-refractivity contribution >= 4 is 28.7 Å². The third-order valence-electron chi connectivity index (χ3n) is 3.01. The number of imide groups is 1. The second-order valence-corrected chi connectivity index (χ2v) is 5.26. The van der Waals surface area contributed by atoms with Crippen LogP contribution < -0.4 is 4.18 Å². The first-order valence-corrected chi connectivity index (χ1v) is 7.64. The second-order valence-electron chi connectivity index (χ2n) is 4.54. The Bertz CT molecular complexity index is 789. The first-order chi connectivity index (χ1) is 11.1. The van der Waals surface area contributed by atoms with Crippen molar-refractivity contribution in [2.24, 2.45) is 0 Å². The molecular formula is C16H11NO5S. The minimum absolute atomic E-state index is 0.173. The molecule has 0 fully saturated rings. The predicted molar refractivity (Wildman–Crippen MR) is 82.6 cm³/mol. The number of carbonyl (C=O) groups excluding carboxylic acids is 2. The van der Waals surface area contributed by atoms with Crippen molar-refractivity contribution in [1.82, 2.24) is 5.06 Å². The fraction of sp³-hybridized carbons (Fsp3) is 0. The molecule has 3 rings (SSSR count). The highest BCUT2D eigenvalue weighted by Crippen LogP contribution is 2.24. The molecule has 2 amide bonds. The van der Waals surface area contributed by atoms with Gasteiger partial charge in [-0.25, -0.2) is 0 Å². The van der Waals surface area contributed by atoms with Gasteiger partial charge >= 0.3 is 11.4 Å². The molecule has 1 unspecified atom stereocenters. The molecule has 0 aromatic heterocycles. The SMILES string of the molecule is O=C1C=C(c2ccccc2)C(=O)N1OS(=O)Oc1ccccc1. The van der Waals surface area contributed by atoms with Crippen molar-refractivity contribution in [3.8, 4) is 5.75 Å². The summed E-state index contributed by atoms with van der Waals surface area (Å²) in [6.07, 6.45) is 1.14. The van der Waals surface area contributed by atoms with Gasteiger partial charge in [0, 0.05) is 6.08 Å². The summed E-state index contributed by atoms with van der Waals surface area (Å²) in [5.41, 5.74) is 0.749. The van der Waals surface area contributed by atoms with Gasteiger partial charge in [-0.05, 0) is 17.7 Å². The van der Waals surface area contributed by atoms with E-state index in [1.807, 2.05) is 0 Å². The van der Waals surface area contributed by atoms with Crippen LogP contribution in [0.3, 0.4) is 0 Å². The smallest absolute Gasteiger partial charge is 0.379 e. The van der Waals surface area contributed by atoms with Gasteiger partial charge in [-0.15, -0.1) is 9.35 Å². The molecule has 0 N–H and O–H groups in total. The summed E-state index contributed by atoms with van der Waals surface area (Å²) < 4.78 is 21.6. The third-order valence-corrected chi connectivity index (χ3v) is 3.61. The van der Waals surface area contributed by atoms with Gasteiger partial charge in [0.25, 0.3) is 11.8 Å². The van der Waals surface area contributed by atoms with Gasteiger partial charge in [-0.3, -0.25) is 9.59 Å². The molecule has 23 heavy (non-hydrogen) atoms. The number of hydroxylamine groups is 2. The van der Waals surface area contributed by atoms with Crippen LogP contribution in [0.1, 0.15) is 5.56 Å². The monoisotopic (exact) mass is 329 g/mol. The summed E-state index contributed by atoms with van der Waals surface area (Å²) in [4.78, 5) is 24.1. The summed E-state index contributed by atoms with van der Waals surface area (Å²) in [7, 11) is 0. The maximum atomic E-state index is 12.2. The third kappa shape index (κ3) is 3.36. The van der Waals surface area contributed by atoms with Crippen LogP contribution in [-0.4, -0.2) is 21.1 Å². The van der Waals surface area contributed by atoms with E-state index in [1.165, 1.54) is 0 Å². The van der Waals surface area contributed by atoms with Gasteiger partial charge in [0.2, 0.25) is 0 Å². The Morgan fingerprint density at radius 1 is 0.870 bits per heavy atom. The lowest BCUT2D eigenvalue weighted by Gasteiger charge is -2.12. The lowest BCUT2D eigenvalue weighted by Crippen LogP contribution is -2.32. The van der Waals surface area contributed by atoms with Crippen LogP contribution in [0.4, 0.5) is 0 Å². The summed E-state index contributed by atoms with van der Waals surface area (Å²) in [5, 5.41) is 0.432. The molecule has 1 aliphatic rings. The van der Waals surface area contributed by atoms with E-state index in [-0.39, 0.29) is 5.57 Å². The quantitative estimate of drug-likeness (QED) is 0.785. The summed E-state index contributed by atoms with van der Waals surface area (Å²) in [6, 6.07) is 17.0. The number of nitrogens with zero attached hydrogens (tertiary/aromatic N) is 1. The molecule has 6 nitrogen and oxygen atoms in total. The lowest BCUT2D eigenvalue weighted by atomic mass is 10.1. The van der Waals surface area contributed by atoms with Crippen molar-refractivity contribution in [2.45, 2.75) is 0 Å². The Labute approximate surface area is 134 Å². The fourth-order valence-corrected chi connectivity index (χ4v) is 2.54. The number of carbonyl (C=O) groups is 2. The molecule has 2 aromatic rings. The molecular weight excluding hydrogens is 318 g/mol. The van der Waals surface area contributed by atoms with Crippen molar-refractivity contribution in [3.05, 3.63) is 72.3 Å². The molecule has 0 saturated carbocycles. The summed E-state index contributed by atoms with van der Waals surface area (Å²) in [5.74, 6) is -1.11. The van der Waals surface area contributed by atoms with E-state index in [0.717, 1.165) is 6.08 Å². The molecule has 7 heteroatoms. The number of amides is 2. The molecule has 0 radical (unpaired) electrons. The van der Waals surface area contributed by atoms with Crippen molar-refractivity contribution in [1.29, 1.82) is 0 Å². The molecule has 116 valence electrons. The molecule has 1 aliphatic heterocycles. The first kappa shape index (κ1) is 15.1. The van der Waals surface area contributed by atoms with Crippen LogP contribution in [0, 0.1) is 0 Å². The van der Waals surface area contributed by atoms with Crippen LogP contribution in [0.15, 0.2) is 66.7 Å². The van der Waals surface area contributed by atoms with Crippen molar-refractivity contribution < 1.29 is 22.3 Å². The van der Waals surface area contributed by atoms with Gasteiger partial charge < -0.3 is 4.18 Å². The minimum Gasteiger partial charge on any atom is -0.379 e.